The number of halogens is 2. The normalized spacial score (nSPS) is 17.5. The highest BCUT2D eigenvalue weighted by Crippen LogP contribution is 2.53. The SMILES string of the molecule is CC(=O)N1C(c2ccc(Br)cc2)c2c(O)ccc3ccc(O)c(c23)C1c1ccc(Br)cc1. The predicted molar refractivity (Wildman–Crippen MR) is 132 cm³/mol. The first-order valence-corrected chi connectivity index (χ1v) is 11.7. The number of amides is 1. The van der Waals surface area contributed by atoms with Gasteiger partial charge in [0.05, 0.1) is 12.1 Å². The van der Waals surface area contributed by atoms with Gasteiger partial charge in [-0.15, -0.1) is 0 Å². The van der Waals surface area contributed by atoms with Gasteiger partial charge in [0.15, 0.2) is 0 Å². The molecule has 6 heteroatoms. The number of rotatable bonds is 2. The van der Waals surface area contributed by atoms with Crippen molar-refractivity contribution in [3.8, 4) is 11.5 Å². The van der Waals surface area contributed by atoms with Crippen LogP contribution in [0.25, 0.3) is 10.8 Å². The van der Waals surface area contributed by atoms with Crippen molar-refractivity contribution < 1.29 is 15.0 Å². The molecule has 0 radical (unpaired) electrons. The second kappa shape index (κ2) is 7.94. The van der Waals surface area contributed by atoms with Crippen LogP contribution >= 0.6 is 31.9 Å². The Balaban J connectivity index is 1.92. The molecule has 32 heavy (non-hydrogen) atoms. The van der Waals surface area contributed by atoms with Crippen LogP contribution in [0, 0.1) is 0 Å². The van der Waals surface area contributed by atoms with Gasteiger partial charge in [0, 0.05) is 32.4 Å². The maximum atomic E-state index is 13.2. The Kier molecular flexibility index (Phi) is 5.22. The summed E-state index contributed by atoms with van der Waals surface area (Å²) in [6.45, 7) is 1.53. The summed E-state index contributed by atoms with van der Waals surface area (Å²) in [5.74, 6) is 0.0340. The minimum absolute atomic E-state index is 0.0952. The Labute approximate surface area is 202 Å². The van der Waals surface area contributed by atoms with Gasteiger partial charge in [-0.05, 0) is 52.9 Å². The summed E-state index contributed by atoms with van der Waals surface area (Å²) in [4.78, 5) is 14.9. The average molecular weight is 553 g/mol. The minimum atomic E-state index is -0.521. The third-order valence-corrected chi connectivity index (χ3v) is 7.12. The Hall–Kier alpha value is -2.83. The second-order valence-electron chi connectivity index (χ2n) is 7.93. The smallest absolute Gasteiger partial charge is 0.221 e. The van der Waals surface area contributed by atoms with Crippen molar-refractivity contribution in [3.05, 3.63) is 104 Å². The van der Waals surface area contributed by atoms with E-state index in [1.165, 1.54) is 6.92 Å². The van der Waals surface area contributed by atoms with E-state index >= 15 is 0 Å². The largest absolute Gasteiger partial charge is 0.508 e. The van der Waals surface area contributed by atoms with Crippen molar-refractivity contribution in [2.24, 2.45) is 0 Å². The first kappa shape index (κ1) is 21.0. The molecule has 0 saturated carbocycles. The molecular formula is C26H19Br2NO3. The summed E-state index contributed by atoms with van der Waals surface area (Å²) in [5.41, 5.74) is 3.00. The molecule has 2 unspecified atom stereocenters. The molecule has 1 amide bonds. The topological polar surface area (TPSA) is 60.8 Å². The van der Waals surface area contributed by atoms with Gasteiger partial charge in [0.25, 0.3) is 0 Å². The Morgan fingerprint density at radius 3 is 1.50 bits per heavy atom. The summed E-state index contributed by atoms with van der Waals surface area (Å²) < 4.78 is 1.85. The molecule has 0 fully saturated rings. The maximum absolute atomic E-state index is 13.2. The lowest BCUT2D eigenvalue weighted by Gasteiger charge is -2.43. The highest BCUT2D eigenvalue weighted by Gasteiger charge is 2.42. The molecule has 160 valence electrons. The van der Waals surface area contributed by atoms with Gasteiger partial charge in [-0.2, -0.15) is 0 Å². The molecule has 1 aliphatic heterocycles. The zero-order valence-corrected chi connectivity index (χ0v) is 20.3. The molecule has 2 atom stereocenters. The van der Waals surface area contributed by atoms with Crippen LogP contribution in [0.1, 0.15) is 41.3 Å². The molecule has 0 aromatic heterocycles. The molecule has 0 saturated heterocycles. The van der Waals surface area contributed by atoms with Gasteiger partial charge >= 0.3 is 0 Å². The summed E-state index contributed by atoms with van der Waals surface area (Å²) in [6, 6.07) is 21.5. The third-order valence-electron chi connectivity index (χ3n) is 6.06. The number of phenolic OH excluding ortho intramolecular Hbond substituents is 2. The molecule has 0 spiro atoms. The van der Waals surface area contributed by atoms with E-state index < -0.39 is 12.1 Å². The first-order chi connectivity index (χ1) is 15.4. The zero-order chi connectivity index (χ0) is 22.6. The van der Waals surface area contributed by atoms with E-state index in [1.54, 1.807) is 17.0 Å². The Morgan fingerprint density at radius 2 is 1.12 bits per heavy atom. The zero-order valence-electron chi connectivity index (χ0n) is 17.1. The summed E-state index contributed by atoms with van der Waals surface area (Å²) in [5, 5.41) is 23.7. The fourth-order valence-corrected chi connectivity index (χ4v) is 5.27. The summed E-state index contributed by atoms with van der Waals surface area (Å²) in [6.07, 6.45) is 0. The number of nitrogens with zero attached hydrogens (tertiary/aromatic N) is 1. The van der Waals surface area contributed by atoms with E-state index in [0.717, 1.165) is 30.8 Å². The number of aromatic hydroxyl groups is 2. The van der Waals surface area contributed by atoms with Gasteiger partial charge in [-0.1, -0.05) is 68.3 Å². The molecule has 4 aromatic carbocycles. The fraction of sp³-hybridized carbons (Fsp3) is 0.115. The van der Waals surface area contributed by atoms with Crippen LogP contribution in [0.3, 0.4) is 0 Å². The van der Waals surface area contributed by atoms with Gasteiger partial charge in [-0.3, -0.25) is 4.79 Å². The number of hydrogen-bond acceptors (Lipinski definition) is 3. The molecule has 1 aliphatic rings. The van der Waals surface area contributed by atoms with Crippen LogP contribution in [0.4, 0.5) is 0 Å². The van der Waals surface area contributed by atoms with Crippen LogP contribution < -0.4 is 0 Å². The highest BCUT2D eigenvalue weighted by molar-refractivity contribution is 9.10. The predicted octanol–water partition coefficient (Wildman–Crippen LogP) is 6.82. The summed E-state index contributed by atoms with van der Waals surface area (Å²) >= 11 is 6.96. The number of carbonyl (C=O) groups is 1. The Bertz CT molecular complexity index is 1260. The van der Waals surface area contributed by atoms with Crippen molar-refractivity contribution >= 4 is 48.5 Å². The Morgan fingerprint density at radius 1 is 0.719 bits per heavy atom. The summed E-state index contributed by atoms with van der Waals surface area (Å²) in [7, 11) is 0. The number of carbonyl (C=O) groups excluding carboxylic acids is 1. The molecule has 4 nitrogen and oxygen atoms in total. The number of benzene rings is 4. The van der Waals surface area contributed by atoms with E-state index in [2.05, 4.69) is 31.9 Å². The molecular weight excluding hydrogens is 534 g/mol. The van der Waals surface area contributed by atoms with Gasteiger partial charge in [0.1, 0.15) is 11.5 Å². The van der Waals surface area contributed by atoms with E-state index in [0.29, 0.717) is 11.1 Å². The van der Waals surface area contributed by atoms with Crippen LogP contribution in [0.5, 0.6) is 11.5 Å². The van der Waals surface area contributed by atoms with Crippen LogP contribution in [-0.4, -0.2) is 21.0 Å². The molecule has 1 heterocycles. The van der Waals surface area contributed by atoms with E-state index in [4.69, 9.17) is 0 Å². The monoisotopic (exact) mass is 551 g/mol. The number of hydrogen-bond donors (Lipinski definition) is 2. The van der Waals surface area contributed by atoms with Gasteiger partial charge in [-0.25, -0.2) is 0 Å². The highest BCUT2D eigenvalue weighted by atomic mass is 79.9. The lowest BCUT2D eigenvalue weighted by molar-refractivity contribution is -0.132. The van der Waals surface area contributed by atoms with Crippen molar-refractivity contribution in [2.45, 2.75) is 19.0 Å². The van der Waals surface area contributed by atoms with Gasteiger partial charge in [0.2, 0.25) is 5.91 Å². The van der Waals surface area contributed by atoms with E-state index in [9.17, 15) is 15.0 Å². The van der Waals surface area contributed by atoms with Crippen molar-refractivity contribution in [3.63, 3.8) is 0 Å². The molecule has 0 bridgehead atoms. The average Bonchev–Trinajstić information content (AvgIpc) is 2.78. The minimum Gasteiger partial charge on any atom is -0.508 e. The lowest BCUT2D eigenvalue weighted by Crippen LogP contribution is -2.40. The fourth-order valence-electron chi connectivity index (χ4n) is 4.74. The second-order valence-corrected chi connectivity index (χ2v) is 9.76. The van der Waals surface area contributed by atoms with Gasteiger partial charge < -0.3 is 15.1 Å². The van der Waals surface area contributed by atoms with Crippen LogP contribution in [0.15, 0.2) is 81.7 Å². The maximum Gasteiger partial charge on any atom is 0.221 e. The van der Waals surface area contributed by atoms with Crippen molar-refractivity contribution in [2.75, 3.05) is 0 Å². The van der Waals surface area contributed by atoms with Crippen molar-refractivity contribution in [1.82, 2.24) is 4.90 Å². The first-order valence-electron chi connectivity index (χ1n) is 10.1. The third kappa shape index (κ3) is 3.29. The van der Waals surface area contributed by atoms with E-state index in [-0.39, 0.29) is 17.4 Å². The molecule has 2 N–H and O–H groups in total. The standard InChI is InChI=1S/C26H19Br2NO3/c1-14(30)29-25(16-2-8-18(27)9-3-16)23-20(31)12-6-15-7-13-21(32)24(22(15)23)26(29)17-4-10-19(28)11-5-17/h2-13,25-26,31-32H,1H3. The quantitative estimate of drug-likeness (QED) is 0.287. The van der Waals surface area contributed by atoms with Crippen molar-refractivity contribution in [1.29, 1.82) is 0 Å². The molecule has 4 aromatic rings. The number of phenols is 2. The molecule has 0 aliphatic carbocycles. The van der Waals surface area contributed by atoms with Crippen LogP contribution in [-0.2, 0) is 4.79 Å². The van der Waals surface area contributed by atoms with E-state index in [1.807, 2.05) is 60.7 Å². The molecule has 5 rings (SSSR count). The lowest BCUT2D eigenvalue weighted by atomic mass is 9.79. The van der Waals surface area contributed by atoms with Crippen LogP contribution in [0.2, 0.25) is 0 Å².